The fourth-order valence-corrected chi connectivity index (χ4v) is 1.22. The van der Waals surface area contributed by atoms with Gasteiger partial charge >= 0.3 is 0 Å². The Morgan fingerprint density at radius 3 is 2.92 bits per heavy atom. The van der Waals surface area contributed by atoms with Crippen molar-refractivity contribution in [3.05, 3.63) is 22.6 Å². The van der Waals surface area contributed by atoms with E-state index in [0.717, 1.165) is 6.54 Å². The van der Waals surface area contributed by atoms with Crippen LogP contribution in [0.3, 0.4) is 0 Å². The van der Waals surface area contributed by atoms with Crippen LogP contribution >= 0.6 is 15.9 Å². The minimum Gasteiger partial charge on any atom is -0.458 e. The number of hydrogen-bond acceptors (Lipinski definition) is 3. The molecule has 0 atom stereocenters. The molecule has 1 rings (SSSR count). The first kappa shape index (κ1) is 10.3. The number of rotatable bonds is 4. The standard InChI is InChI=1S/C8H11BrN2O2/c1-10-3-4-11-8(12)7-6(9)2-5-13-7/h2,5,10H,3-4H2,1H3,(H,11,12). The number of furan rings is 1. The van der Waals surface area contributed by atoms with E-state index < -0.39 is 0 Å². The van der Waals surface area contributed by atoms with E-state index in [1.165, 1.54) is 6.26 Å². The second-order valence-corrected chi connectivity index (χ2v) is 3.31. The van der Waals surface area contributed by atoms with Gasteiger partial charge in [0.05, 0.1) is 10.7 Å². The third-order valence-corrected chi connectivity index (χ3v) is 2.11. The van der Waals surface area contributed by atoms with Gasteiger partial charge in [0.25, 0.3) is 5.91 Å². The van der Waals surface area contributed by atoms with Crippen molar-refractivity contribution in [2.24, 2.45) is 0 Å². The molecule has 0 bridgehead atoms. The van der Waals surface area contributed by atoms with Gasteiger partial charge in [-0.25, -0.2) is 0 Å². The molecule has 0 spiro atoms. The normalized spacial score (nSPS) is 10.0. The molecule has 0 unspecified atom stereocenters. The Kier molecular flexibility index (Phi) is 3.98. The summed E-state index contributed by atoms with van der Waals surface area (Å²) in [6.07, 6.45) is 1.47. The number of halogens is 1. The number of hydrogen-bond donors (Lipinski definition) is 2. The Morgan fingerprint density at radius 1 is 1.62 bits per heavy atom. The van der Waals surface area contributed by atoms with Gasteiger partial charge in [0, 0.05) is 13.1 Å². The zero-order chi connectivity index (χ0) is 9.68. The second-order valence-electron chi connectivity index (χ2n) is 2.46. The molecule has 72 valence electrons. The zero-order valence-electron chi connectivity index (χ0n) is 7.26. The minimum absolute atomic E-state index is 0.202. The van der Waals surface area contributed by atoms with Crippen molar-refractivity contribution in [2.75, 3.05) is 20.1 Å². The van der Waals surface area contributed by atoms with Gasteiger partial charge in [-0.1, -0.05) is 0 Å². The summed E-state index contributed by atoms with van der Waals surface area (Å²) >= 11 is 3.21. The number of carbonyl (C=O) groups is 1. The quantitative estimate of drug-likeness (QED) is 0.780. The lowest BCUT2D eigenvalue weighted by molar-refractivity contribution is 0.0925. The SMILES string of the molecule is CNCCNC(=O)c1occc1Br. The summed E-state index contributed by atoms with van der Waals surface area (Å²) in [6, 6.07) is 1.69. The molecule has 0 saturated heterocycles. The monoisotopic (exact) mass is 246 g/mol. The van der Waals surface area contributed by atoms with Crippen LogP contribution in [0.5, 0.6) is 0 Å². The van der Waals surface area contributed by atoms with Crippen molar-refractivity contribution in [1.29, 1.82) is 0 Å². The van der Waals surface area contributed by atoms with Crippen LogP contribution in [-0.2, 0) is 0 Å². The second kappa shape index (κ2) is 5.04. The van der Waals surface area contributed by atoms with E-state index >= 15 is 0 Å². The van der Waals surface area contributed by atoms with Gasteiger partial charge in [-0.15, -0.1) is 0 Å². The molecule has 0 radical (unpaired) electrons. The van der Waals surface area contributed by atoms with Crippen molar-refractivity contribution in [3.8, 4) is 0 Å². The highest BCUT2D eigenvalue weighted by molar-refractivity contribution is 9.10. The first-order chi connectivity index (χ1) is 6.25. The Labute approximate surface area is 84.8 Å². The molecule has 0 fully saturated rings. The van der Waals surface area contributed by atoms with Gasteiger partial charge in [0.1, 0.15) is 0 Å². The molecule has 1 aromatic rings. The van der Waals surface area contributed by atoms with Gasteiger partial charge in [0.15, 0.2) is 0 Å². The summed E-state index contributed by atoms with van der Waals surface area (Å²) in [4.78, 5) is 11.3. The molecule has 0 saturated carbocycles. The lowest BCUT2D eigenvalue weighted by Gasteiger charge is -2.01. The maximum absolute atomic E-state index is 11.3. The summed E-state index contributed by atoms with van der Waals surface area (Å²) in [7, 11) is 1.83. The first-order valence-electron chi connectivity index (χ1n) is 3.91. The molecule has 0 aliphatic carbocycles. The van der Waals surface area contributed by atoms with Gasteiger partial charge in [-0.05, 0) is 29.0 Å². The molecule has 0 aliphatic heterocycles. The van der Waals surface area contributed by atoms with Gasteiger partial charge in [0.2, 0.25) is 5.76 Å². The van der Waals surface area contributed by atoms with E-state index in [2.05, 4.69) is 26.6 Å². The summed E-state index contributed by atoms with van der Waals surface area (Å²) in [5.74, 6) is 0.114. The largest absolute Gasteiger partial charge is 0.458 e. The molecule has 1 aromatic heterocycles. The van der Waals surface area contributed by atoms with Crippen molar-refractivity contribution >= 4 is 21.8 Å². The van der Waals surface area contributed by atoms with E-state index in [4.69, 9.17) is 4.42 Å². The highest BCUT2D eigenvalue weighted by Crippen LogP contribution is 2.16. The smallest absolute Gasteiger partial charge is 0.288 e. The number of carbonyl (C=O) groups excluding carboxylic acids is 1. The van der Waals surface area contributed by atoms with Crippen LogP contribution in [0.1, 0.15) is 10.6 Å². The van der Waals surface area contributed by atoms with Gasteiger partial charge < -0.3 is 15.1 Å². The fourth-order valence-electron chi connectivity index (χ4n) is 0.837. The summed E-state index contributed by atoms with van der Waals surface area (Å²) in [6.45, 7) is 1.33. The first-order valence-corrected chi connectivity index (χ1v) is 4.71. The number of nitrogens with one attached hydrogen (secondary N) is 2. The third kappa shape index (κ3) is 2.86. The van der Waals surface area contributed by atoms with E-state index in [1.807, 2.05) is 7.05 Å². The van der Waals surface area contributed by atoms with Crippen molar-refractivity contribution in [1.82, 2.24) is 10.6 Å². The summed E-state index contributed by atoms with van der Waals surface area (Å²) < 4.78 is 5.65. The van der Waals surface area contributed by atoms with E-state index in [0.29, 0.717) is 16.8 Å². The fraction of sp³-hybridized carbons (Fsp3) is 0.375. The van der Waals surface area contributed by atoms with Crippen LogP contribution in [0.15, 0.2) is 21.2 Å². The Morgan fingerprint density at radius 2 is 2.38 bits per heavy atom. The lowest BCUT2D eigenvalue weighted by atomic mass is 10.4. The topological polar surface area (TPSA) is 54.3 Å². The van der Waals surface area contributed by atoms with Crippen LogP contribution < -0.4 is 10.6 Å². The van der Waals surface area contributed by atoms with Crippen molar-refractivity contribution < 1.29 is 9.21 Å². The number of likely N-dealkylation sites (N-methyl/N-ethyl adjacent to an activating group) is 1. The average Bonchev–Trinajstić information content (AvgIpc) is 2.52. The Balaban J connectivity index is 2.45. The van der Waals surface area contributed by atoms with Crippen LogP contribution in [0.25, 0.3) is 0 Å². The molecule has 0 aromatic carbocycles. The average molecular weight is 247 g/mol. The number of amides is 1. The maximum atomic E-state index is 11.3. The van der Waals surface area contributed by atoms with E-state index in [9.17, 15) is 4.79 Å². The molecule has 5 heteroatoms. The molecule has 2 N–H and O–H groups in total. The summed E-state index contributed by atoms with van der Waals surface area (Å²) in [5.41, 5.74) is 0. The van der Waals surface area contributed by atoms with Gasteiger partial charge in [-0.3, -0.25) is 4.79 Å². The van der Waals surface area contributed by atoms with Crippen LogP contribution in [-0.4, -0.2) is 26.0 Å². The van der Waals surface area contributed by atoms with E-state index in [-0.39, 0.29) is 5.91 Å². The van der Waals surface area contributed by atoms with Crippen molar-refractivity contribution in [3.63, 3.8) is 0 Å². The minimum atomic E-state index is -0.202. The molecule has 0 aliphatic rings. The highest BCUT2D eigenvalue weighted by atomic mass is 79.9. The maximum Gasteiger partial charge on any atom is 0.288 e. The molecule has 1 amide bonds. The van der Waals surface area contributed by atoms with Crippen LogP contribution in [0, 0.1) is 0 Å². The molecule has 13 heavy (non-hydrogen) atoms. The third-order valence-electron chi connectivity index (χ3n) is 1.48. The van der Waals surface area contributed by atoms with Gasteiger partial charge in [-0.2, -0.15) is 0 Å². The highest BCUT2D eigenvalue weighted by Gasteiger charge is 2.11. The van der Waals surface area contributed by atoms with Crippen LogP contribution in [0.2, 0.25) is 0 Å². The Hall–Kier alpha value is -0.810. The lowest BCUT2D eigenvalue weighted by Crippen LogP contribution is -2.30. The van der Waals surface area contributed by atoms with Crippen LogP contribution in [0.4, 0.5) is 0 Å². The Bertz CT molecular complexity index is 285. The molecule has 4 nitrogen and oxygen atoms in total. The predicted molar refractivity (Wildman–Crippen MR) is 52.7 cm³/mol. The summed E-state index contributed by atoms with van der Waals surface area (Å²) in [5, 5.41) is 5.63. The molecular weight excluding hydrogens is 236 g/mol. The zero-order valence-corrected chi connectivity index (χ0v) is 8.85. The predicted octanol–water partition coefficient (Wildman–Crippen LogP) is 0.991. The van der Waals surface area contributed by atoms with E-state index in [1.54, 1.807) is 6.07 Å². The van der Waals surface area contributed by atoms with Crippen molar-refractivity contribution in [2.45, 2.75) is 0 Å². The molecular formula is C8H11BrN2O2. The molecule has 1 heterocycles.